The number of nitrogens with one attached hydrogen (secondary N) is 1. The van der Waals surface area contributed by atoms with Crippen LogP contribution in [0.3, 0.4) is 0 Å². The van der Waals surface area contributed by atoms with Gasteiger partial charge in [-0.2, -0.15) is 0 Å². The molecule has 1 aromatic carbocycles. The zero-order valence-electron chi connectivity index (χ0n) is 18.3. The Morgan fingerprint density at radius 3 is 2.56 bits per heavy atom. The fraction of sp³-hybridized carbons (Fsp3) is 0.545. The van der Waals surface area contributed by atoms with Crippen molar-refractivity contribution in [3.8, 4) is 11.8 Å². The predicted octanol–water partition coefficient (Wildman–Crippen LogP) is 1.85. The van der Waals surface area contributed by atoms with Gasteiger partial charge in [0.2, 0.25) is 0 Å². The Labute approximate surface area is 187 Å². The molecule has 1 saturated heterocycles. The molecule has 10 heteroatoms. The lowest BCUT2D eigenvalue weighted by molar-refractivity contribution is -0.132. The topological polar surface area (TPSA) is 122 Å². The first-order valence-electron chi connectivity index (χ1n) is 10.3. The van der Waals surface area contributed by atoms with E-state index in [1.54, 1.807) is 7.11 Å². The minimum Gasteiger partial charge on any atom is -0.444 e. The van der Waals surface area contributed by atoms with E-state index in [0.29, 0.717) is 24.1 Å². The minimum atomic E-state index is -3.89. The number of hydroxylamine groups is 1. The summed E-state index contributed by atoms with van der Waals surface area (Å²) in [6, 6.07) is 7.61. The normalized spacial score (nSPS) is 24.6. The smallest absolute Gasteiger partial charge is 0.414 e. The van der Waals surface area contributed by atoms with E-state index in [4.69, 9.17) is 14.7 Å². The van der Waals surface area contributed by atoms with Crippen LogP contribution in [0.5, 0.6) is 0 Å². The van der Waals surface area contributed by atoms with Gasteiger partial charge < -0.3 is 9.47 Å². The van der Waals surface area contributed by atoms with Crippen LogP contribution in [0, 0.1) is 17.8 Å². The van der Waals surface area contributed by atoms with Crippen molar-refractivity contribution in [2.45, 2.75) is 43.0 Å². The van der Waals surface area contributed by atoms with Crippen LogP contribution in [0.1, 0.15) is 37.7 Å². The zero-order valence-corrected chi connectivity index (χ0v) is 19.1. The molecule has 0 unspecified atom stereocenters. The van der Waals surface area contributed by atoms with Crippen molar-refractivity contribution in [1.82, 2.24) is 5.48 Å². The number of ether oxygens (including phenoxy) is 2. The molecule has 2 amide bonds. The molecule has 1 aliphatic heterocycles. The fourth-order valence-corrected chi connectivity index (χ4v) is 4.87. The van der Waals surface area contributed by atoms with Gasteiger partial charge >= 0.3 is 6.09 Å². The Hall–Kier alpha value is -2.61. The second-order valence-corrected chi connectivity index (χ2v) is 10.9. The fourth-order valence-electron chi connectivity index (χ4n) is 4.00. The molecule has 1 heterocycles. The lowest BCUT2D eigenvalue weighted by Crippen LogP contribution is -2.51. The van der Waals surface area contributed by atoms with Crippen molar-refractivity contribution in [1.29, 1.82) is 0 Å². The number of hydrogen-bond donors (Lipinski definition) is 2. The van der Waals surface area contributed by atoms with Gasteiger partial charge in [-0.3, -0.25) is 14.9 Å². The number of methoxy groups -OCH3 is 1. The van der Waals surface area contributed by atoms with Gasteiger partial charge in [0, 0.05) is 31.4 Å². The maximum atomic E-state index is 12.4. The number of cyclic esters (lactones) is 1. The lowest BCUT2D eigenvalue weighted by Gasteiger charge is -2.32. The number of anilines is 1. The van der Waals surface area contributed by atoms with Crippen LogP contribution in [0.2, 0.25) is 0 Å². The van der Waals surface area contributed by atoms with Crippen molar-refractivity contribution in [3.63, 3.8) is 0 Å². The average molecular weight is 465 g/mol. The second-order valence-electron chi connectivity index (χ2n) is 8.48. The number of benzene rings is 1. The number of nitrogens with zero attached hydrogens (tertiary/aromatic N) is 1. The molecule has 0 aromatic heterocycles. The number of amides is 2. The average Bonchev–Trinajstić information content (AvgIpc) is 3.08. The van der Waals surface area contributed by atoms with Crippen molar-refractivity contribution in [3.05, 3.63) is 29.8 Å². The van der Waals surface area contributed by atoms with E-state index in [2.05, 4.69) is 11.8 Å². The minimum absolute atomic E-state index is 0.0998. The first kappa shape index (κ1) is 24.0. The summed E-state index contributed by atoms with van der Waals surface area (Å²) in [5.41, 5.74) is 3.20. The van der Waals surface area contributed by atoms with Crippen molar-refractivity contribution >= 4 is 27.5 Å². The summed E-state index contributed by atoms with van der Waals surface area (Å²) in [5.74, 6) is 5.93. The van der Waals surface area contributed by atoms with E-state index in [1.165, 1.54) is 22.9 Å². The van der Waals surface area contributed by atoms with Gasteiger partial charge in [-0.1, -0.05) is 24.0 Å². The molecule has 0 spiro atoms. The van der Waals surface area contributed by atoms with Gasteiger partial charge in [0.05, 0.1) is 6.54 Å². The molecule has 2 fully saturated rings. The second kappa shape index (κ2) is 9.48. The zero-order chi connectivity index (χ0) is 23.5. The number of carbonyl (C=O) groups is 2. The van der Waals surface area contributed by atoms with Crippen LogP contribution >= 0.6 is 0 Å². The summed E-state index contributed by atoms with van der Waals surface area (Å²) >= 11 is 0. The predicted molar refractivity (Wildman–Crippen MR) is 117 cm³/mol. The molecule has 0 bridgehead atoms. The molecule has 1 aromatic rings. The first-order chi connectivity index (χ1) is 15.1. The SMILES string of the molecule is COCC#CC1CC(c2ccc(N3C[C@H](C[C@](C)(C(=O)NO)S(C)(=O)=O)OC3=O)cc2)C1. The third-order valence-corrected chi connectivity index (χ3v) is 8.22. The molecule has 3 rings (SSSR count). The van der Waals surface area contributed by atoms with E-state index in [0.717, 1.165) is 19.1 Å². The molecule has 174 valence electrons. The summed E-state index contributed by atoms with van der Waals surface area (Å²) in [5, 5.41) is 8.96. The summed E-state index contributed by atoms with van der Waals surface area (Å²) in [7, 11) is -2.27. The molecule has 1 aliphatic carbocycles. The Balaban J connectivity index is 1.63. The van der Waals surface area contributed by atoms with Crippen molar-refractivity contribution < 1.29 is 32.7 Å². The van der Waals surface area contributed by atoms with E-state index < -0.39 is 32.7 Å². The number of sulfone groups is 1. The summed E-state index contributed by atoms with van der Waals surface area (Å²) in [6.07, 6.45) is 1.18. The molecule has 2 atom stereocenters. The highest BCUT2D eigenvalue weighted by Gasteiger charge is 2.48. The first-order valence-corrected chi connectivity index (χ1v) is 12.2. The lowest BCUT2D eigenvalue weighted by atomic mass is 9.72. The monoisotopic (exact) mass is 464 g/mol. The molecule has 0 radical (unpaired) electrons. The highest BCUT2D eigenvalue weighted by molar-refractivity contribution is 7.92. The molecular weight excluding hydrogens is 436 g/mol. The van der Waals surface area contributed by atoms with Crippen molar-refractivity contribution in [2.24, 2.45) is 5.92 Å². The Bertz CT molecular complexity index is 1020. The molecule has 1 saturated carbocycles. The summed E-state index contributed by atoms with van der Waals surface area (Å²) < 4.78 is 32.7. The summed E-state index contributed by atoms with van der Waals surface area (Å²) in [4.78, 5) is 25.8. The number of hydrogen-bond acceptors (Lipinski definition) is 7. The molecule has 2 aliphatic rings. The van der Waals surface area contributed by atoms with Crippen LogP contribution in [-0.4, -0.2) is 63.0 Å². The van der Waals surface area contributed by atoms with E-state index >= 15 is 0 Å². The Morgan fingerprint density at radius 1 is 1.34 bits per heavy atom. The number of carbonyl (C=O) groups excluding carboxylic acids is 2. The van der Waals surface area contributed by atoms with E-state index in [9.17, 15) is 18.0 Å². The summed E-state index contributed by atoms with van der Waals surface area (Å²) in [6.45, 7) is 1.74. The maximum Gasteiger partial charge on any atom is 0.414 e. The third kappa shape index (κ3) is 4.90. The van der Waals surface area contributed by atoms with E-state index in [1.807, 2.05) is 24.3 Å². The third-order valence-electron chi connectivity index (χ3n) is 6.23. The van der Waals surface area contributed by atoms with Crippen LogP contribution in [0.15, 0.2) is 24.3 Å². The largest absolute Gasteiger partial charge is 0.444 e. The quantitative estimate of drug-likeness (QED) is 0.359. The van der Waals surface area contributed by atoms with Crippen LogP contribution < -0.4 is 10.4 Å². The molecular formula is C22H28N2O7S. The highest BCUT2D eigenvalue weighted by Crippen LogP contribution is 2.41. The number of rotatable bonds is 7. The van der Waals surface area contributed by atoms with Gasteiger partial charge in [-0.15, -0.1) is 0 Å². The molecule has 2 N–H and O–H groups in total. The maximum absolute atomic E-state index is 12.4. The molecule has 9 nitrogen and oxygen atoms in total. The van der Waals surface area contributed by atoms with Crippen LogP contribution in [0.25, 0.3) is 0 Å². The Kier molecular flexibility index (Phi) is 7.12. The van der Waals surface area contributed by atoms with Crippen LogP contribution in [-0.2, 0) is 24.1 Å². The highest BCUT2D eigenvalue weighted by atomic mass is 32.2. The molecule has 32 heavy (non-hydrogen) atoms. The van der Waals surface area contributed by atoms with Crippen molar-refractivity contribution in [2.75, 3.05) is 31.4 Å². The van der Waals surface area contributed by atoms with E-state index in [-0.39, 0.29) is 13.0 Å². The van der Waals surface area contributed by atoms with Gasteiger partial charge in [0.25, 0.3) is 5.91 Å². The van der Waals surface area contributed by atoms with Gasteiger partial charge in [-0.05, 0) is 43.4 Å². The standard InChI is InChI=1S/C22H28N2O7S/c1-22(20(25)23-27,32(3,28)29)13-19-14-24(21(26)31-19)18-8-6-16(7-9-18)17-11-15(12-17)5-4-10-30-2/h6-9,15,17,19,27H,10-14H2,1-3H3,(H,23,25)/t15?,17?,19-,22+/m0/s1. The van der Waals surface area contributed by atoms with Gasteiger partial charge in [-0.25, -0.2) is 18.7 Å². The van der Waals surface area contributed by atoms with Crippen LogP contribution in [0.4, 0.5) is 10.5 Å². The van der Waals surface area contributed by atoms with Gasteiger partial charge in [0.15, 0.2) is 14.6 Å². The van der Waals surface area contributed by atoms with Gasteiger partial charge in [0.1, 0.15) is 12.7 Å². The Morgan fingerprint density at radius 2 is 2.00 bits per heavy atom.